The number of benzene rings is 2. The minimum absolute atomic E-state index is 0.0349. The van der Waals surface area contributed by atoms with E-state index in [4.69, 9.17) is 0 Å². The molecule has 0 unspecified atom stereocenters. The highest BCUT2D eigenvalue weighted by Gasteiger charge is 2.17. The molecule has 0 radical (unpaired) electrons. The average Bonchev–Trinajstić information content (AvgIpc) is 2.16. The van der Waals surface area contributed by atoms with Crippen LogP contribution < -0.4 is 0 Å². The van der Waals surface area contributed by atoms with Crippen LogP contribution in [0.1, 0.15) is 26.3 Å². The van der Waals surface area contributed by atoms with Gasteiger partial charge in [0.25, 0.3) is 0 Å². The Kier molecular flexibility index (Phi) is 2.95. The molecule has 0 aromatic heterocycles. The first-order valence-corrected chi connectivity index (χ1v) is 6.35. The maximum Gasteiger partial charge on any atom is 0.123 e. The molecule has 84 valence electrons. The Morgan fingerprint density at radius 2 is 1.75 bits per heavy atom. The fourth-order valence-corrected chi connectivity index (χ4v) is 2.56. The van der Waals surface area contributed by atoms with Crippen molar-refractivity contribution in [2.24, 2.45) is 0 Å². The molecule has 0 aliphatic rings. The van der Waals surface area contributed by atoms with Gasteiger partial charge >= 0.3 is 0 Å². The highest BCUT2D eigenvalue weighted by molar-refractivity contribution is 14.1. The molecular weight excluding hydrogens is 314 g/mol. The van der Waals surface area contributed by atoms with Crippen molar-refractivity contribution in [1.29, 1.82) is 0 Å². The fourth-order valence-electron chi connectivity index (χ4n) is 1.91. The zero-order chi connectivity index (χ0) is 11.9. The number of hydrogen-bond acceptors (Lipinski definition) is 0. The van der Waals surface area contributed by atoms with Gasteiger partial charge in [0.15, 0.2) is 0 Å². The van der Waals surface area contributed by atoms with E-state index in [9.17, 15) is 4.39 Å². The summed E-state index contributed by atoms with van der Waals surface area (Å²) in [7, 11) is 0. The Balaban J connectivity index is 2.85. The second-order valence-electron chi connectivity index (χ2n) is 5.07. The maximum atomic E-state index is 13.3. The van der Waals surface area contributed by atoms with Gasteiger partial charge in [0.05, 0.1) is 0 Å². The smallest absolute Gasteiger partial charge is 0.123 e. The van der Waals surface area contributed by atoms with Crippen LogP contribution in [0.2, 0.25) is 0 Å². The zero-order valence-electron chi connectivity index (χ0n) is 9.64. The van der Waals surface area contributed by atoms with Crippen molar-refractivity contribution in [3.63, 3.8) is 0 Å². The van der Waals surface area contributed by atoms with Gasteiger partial charge in [0.1, 0.15) is 5.82 Å². The Labute approximate surface area is 109 Å². The van der Waals surface area contributed by atoms with Gasteiger partial charge in [-0.05, 0) is 68.6 Å². The number of hydrogen-bond donors (Lipinski definition) is 0. The third-order valence-corrected chi connectivity index (χ3v) is 3.31. The number of fused-ring (bicyclic) bond motifs is 1. The summed E-state index contributed by atoms with van der Waals surface area (Å²) in [5.41, 5.74) is 1.24. The predicted octanol–water partition coefficient (Wildman–Crippen LogP) is 4.88. The molecule has 0 aliphatic carbocycles. The topological polar surface area (TPSA) is 0 Å². The van der Waals surface area contributed by atoms with E-state index < -0.39 is 0 Å². The molecule has 2 heteroatoms. The highest BCUT2D eigenvalue weighted by atomic mass is 127. The van der Waals surface area contributed by atoms with Crippen molar-refractivity contribution < 1.29 is 4.39 Å². The Bertz CT molecular complexity index is 538. The molecule has 0 amide bonds. The van der Waals surface area contributed by atoms with Gasteiger partial charge in [0.2, 0.25) is 0 Å². The molecule has 2 rings (SSSR count). The van der Waals surface area contributed by atoms with E-state index >= 15 is 0 Å². The number of rotatable bonds is 0. The zero-order valence-corrected chi connectivity index (χ0v) is 11.8. The minimum Gasteiger partial charge on any atom is -0.207 e. The van der Waals surface area contributed by atoms with Crippen molar-refractivity contribution >= 4 is 33.4 Å². The van der Waals surface area contributed by atoms with E-state index in [-0.39, 0.29) is 11.2 Å². The molecule has 0 fully saturated rings. The molecule has 0 N–H and O–H groups in total. The molecule has 0 saturated heterocycles. The molecule has 0 heterocycles. The van der Waals surface area contributed by atoms with Gasteiger partial charge in [-0.3, -0.25) is 0 Å². The molecule has 16 heavy (non-hydrogen) atoms. The van der Waals surface area contributed by atoms with Crippen LogP contribution in [-0.2, 0) is 5.41 Å². The highest BCUT2D eigenvalue weighted by Crippen LogP contribution is 2.32. The van der Waals surface area contributed by atoms with Gasteiger partial charge in [-0.25, -0.2) is 4.39 Å². The van der Waals surface area contributed by atoms with E-state index in [0.29, 0.717) is 0 Å². The summed E-state index contributed by atoms with van der Waals surface area (Å²) in [5, 5.41) is 2.13. The lowest BCUT2D eigenvalue weighted by Crippen LogP contribution is -2.12. The van der Waals surface area contributed by atoms with E-state index in [0.717, 1.165) is 10.8 Å². The second kappa shape index (κ2) is 3.99. The van der Waals surface area contributed by atoms with Crippen LogP contribution in [0.3, 0.4) is 0 Å². The molecule has 0 aliphatic heterocycles. The summed E-state index contributed by atoms with van der Waals surface area (Å²) in [4.78, 5) is 0. The summed E-state index contributed by atoms with van der Waals surface area (Å²) in [6.07, 6.45) is 0. The van der Waals surface area contributed by atoms with Crippen LogP contribution in [0.5, 0.6) is 0 Å². The maximum absolute atomic E-state index is 13.3. The standard InChI is InChI=1S/C14H14FI/c1-14(2,3)13-8-11(16)6-9-4-5-10(15)7-12(9)13/h4-8H,1-3H3. The molecule has 2 aromatic rings. The second-order valence-corrected chi connectivity index (χ2v) is 6.31. The van der Waals surface area contributed by atoms with Crippen LogP contribution in [-0.4, -0.2) is 0 Å². The Morgan fingerprint density at radius 3 is 2.38 bits per heavy atom. The van der Waals surface area contributed by atoms with Crippen LogP contribution in [0, 0.1) is 9.39 Å². The normalized spacial score (nSPS) is 12.1. The fraction of sp³-hybridized carbons (Fsp3) is 0.286. The first-order valence-electron chi connectivity index (χ1n) is 5.27. The molecule has 0 bridgehead atoms. The van der Waals surface area contributed by atoms with Gasteiger partial charge in [0, 0.05) is 3.57 Å². The predicted molar refractivity (Wildman–Crippen MR) is 75.3 cm³/mol. The summed E-state index contributed by atoms with van der Waals surface area (Å²) >= 11 is 2.31. The van der Waals surface area contributed by atoms with Crippen molar-refractivity contribution in [3.8, 4) is 0 Å². The van der Waals surface area contributed by atoms with E-state index in [1.807, 2.05) is 6.07 Å². The van der Waals surface area contributed by atoms with Crippen LogP contribution in [0.4, 0.5) is 4.39 Å². The summed E-state index contributed by atoms with van der Waals surface area (Å²) < 4.78 is 14.5. The van der Waals surface area contributed by atoms with Crippen LogP contribution >= 0.6 is 22.6 Å². The lowest BCUT2D eigenvalue weighted by atomic mass is 9.84. The minimum atomic E-state index is -0.167. The molecule has 0 spiro atoms. The van der Waals surface area contributed by atoms with Crippen molar-refractivity contribution in [2.45, 2.75) is 26.2 Å². The van der Waals surface area contributed by atoms with Gasteiger partial charge in [-0.1, -0.05) is 26.8 Å². The lowest BCUT2D eigenvalue weighted by molar-refractivity contribution is 0.594. The summed E-state index contributed by atoms with van der Waals surface area (Å²) in [6.45, 7) is 6.47. The van der Waals surface area contributed by atoms with Crippen LogP contribution in [0.25, 0.3) is 10.8 Å². The molecule has 0 nitrogen and oxygen atoms in total. The van der Waals surface area contributed by atoms with Gasteiger partial charge in [-0.15, -0.1) is 0 Å². The van der Waals surface area contributed by atoms with Crippen molar-refractivity contribution in [1.82, 2.24) is 0 Å². The van der Waals surface area contributed by atoms with Crippen LogP contribution in [0.15, 0.2) is 30.3 Å². The SMILES string of the molecule is CC(C)(C)c1cc(I)cc2ccc(F)cc12. The Morgan fingerprint density at radius 1 is 1.06 bits per heavy atom. The summed E-state index contributed by atoms with van der Waals surface area (Å²) in [6, 6.07) is 9.23. The number of halogens is 2. The molecule has 0 atom stereocenters. The van der Waals surface area contributed by atoms with Gasteiger partial charge in [-0.2, -0.15) is 0 Å². The van der Waals surface area contributed by atoms with E-state index in [2.05, 4.69) is 55.5 Å². The lowest BCUT2D eigenvalue weighted by Gasteiger charge is -2.22. The monoisotopic (exact) mass is 328 g/mol. The van der Waals surface area contributed by atoms with Crippen molar-refractivity contribution in [3.05, 3.63) is 45.3 Å². The molecular formula is C14H14FI. The third-order valence-electron chi connectivity index (χ3n) is 2.69. The van der Waals surface area contributed by atoms with Gasteiger partial charge < -0.3 is 0 Å². The molecule has 0 saturated carbocycles. The third kappa shape index (κ3) is 2.21. The summed E-state index contributed by atoms with van der Waals surface area (Å²) in [5.74, 6) is -0.167. The largest absolute Gasteiger partial charge is 0.207 e. The van der Waals surface area contributed by atoms with Crippen molar-refractivity contribution in [2.75, 3.05) is 0 Å². The first-order chi connectivity index (χ1) is 7.38. The van der Waals surface area contributed by atoms with E-state index in [1.54, 1.807) is 6.07 Å². The first kappa shape index (κ1) is 11.8. The molecule has 2 aromatic carbocycles. The average molecular weight is 328 g/mol. The quantitative estimate of drug-likeness (QED) is 0.605. The van der Waals surface area contributed by atoms with E-state index in [1.165, 1.54) is 15.2 Å². The Hall–Kier alpha value is -0.640.